The lowest BCUT2D eigenvalue weighted by Crippen LogP contribution is -1.89. The summed E-state index contributed by atoms with van der Waals surface area (Å²) in [5.74, 6) is 0. The lowest BCUT2D eigenvalue weighted by atomic mass is 10.2. The Morgan fingerprint density at radius 2 is 2.22 bits per heavy atom. The molecule has 0 aromatic carbocycles. The Labute approximate surface area is 55.1 Å². The zero-order valence-corrected chi connectivity index (χ0v) is 5.68. The summed E-state index contributed by atoms with van der Waals surface area (Å²) in [5, 5.41) is 0. The molecule has 9 heavy (non-hydrogen) atoms. The fraction of sp³-hybridized carbons (Fsp3) is 0.250. The highest BCUT2D eigenvalue weighted by Crippen LogP contribution is 1.99. The molecule has 46 valence electrons. The highest BCUT2D eigenvalue weighted by molar-refractivity contribution is 5.98. The van der Waals surface area contributed by atoms with E-state index in [0.29, 0.717) is 0 Å². The van der Waals surface area contributed by atoms with Gasteiger partial charge in [-0.25, -0.2) is 0 Å². The second-order valence-corrected chi connectivity index (χ2v) is 2.03. The molecule has 1 nitrogen and oxygen atoms in total. The Morgan fingerprint density at radius 3 is 3.00 bits per heavy atom. The normalized spacial score (nSPS) is 16.7. The quantitative estimate of drug-likeness (QED) is 0.433. The van der Waals surface area contributed by atoms with E-state index in [4.69, 9.17) is 0 Å². The maximum absolute atomic E-state index is 4.09. The van der Waals surface area contributed by atoms with Crippen molar-refractivity contribution < 1.29 is 0 Å². The molecule has 0 aliphatic carbocycles. The van der Waals surface area contributed by atoms with Gasteiger partial charge in [-0.05, 0) is 31.6 Å². The molecule has 0 bridgehead atoms. The van der Waals surface area contributed by atoms with E-state index in [1.807, 2.05) is 26.0 Å². The van der Waals surface area contributed by atoms with Crippen molar-refractivity contribution in [2.24, 2.45) is 4.99 Å². The van der Waals surface area contributed by atoms with Crippen LogP contribution in [0.3, 0.4) is 0 Å². The minimum atomic E-state index is 1.07. The highest BCUT2D eigenvalue weighted by atomic mass is 14.7. The van der Waals surface area contributed by atoms with Gasteiger partial charge in [-0.2, -0.15) is 0 Å². The van der Waals surface area contributed by atoms with Gasteiger partial charge in [0.15, 0.2) is 0 Å². The molecule has 1 heterocycles. The first-order chi connectivity index (χ1) is 4.30. The predicted octanol–water partition coefficient (Wildman–Crippen LogP) is 2.08. The van der Waals surface area contributed by atoms with Crippen molar-refractivity contribution in [3.8, 4) is 0 Å². The van der Waals surface area contributed by atoms with Gasteiger partial charge in [-0.1, -0.05) is 0 Å². The monoisotopic (exact) mass is 119 g/mol. The molecule has 0 aromatic rings. The summed E-state index contributed by atoms with van der Waals surface area (Å²) in [5.41, 5.74) is 5.16. The molecule has 0 saturated heterocycles. The molecule has 0 saturated carbocycles. The van der Waals surface area contributed by atoms with E-state index >= 15 is 0 Å². The Hall–Kier alpha value is -1.07. The maximum Gasteiger partial charge on any atom is 0.0689 e. The van der Waals surface area contributed by atoms with Crippen LogP contribution in [0.2, 0.25) is 0 Å². The van der Waals surface area contributed by atoms with E-state index < -0.39 is 0 Å². The molecule has 0 spiro atoms. The zero-order valence-electron chi connectivity index (χ0n) is 5.68. The molecule has 1 heteroatoms. The van der Waals surface area contributed by atoms with E-state index in [0.717, 1.165) is 5.71 Å². The van der Waals surface area contributed by atoms with Gasteiger partial charge in [0.25, 0.3) is 0 Å². The van der Waals surface area contributed by atoms with E-state index in [9.17, 15) is 0 Å². The van der Waals surface area contributed by atoms with Gasteiger partial charge in [0.1, 0.15) is 0 Å². The van der Waals surface area contributed by atoms with Crippen LogP contribution in [0.5, 0.6) is 0 Å². The van der Waals surface area contributed by atoms with Crippen LogP contribution >= 0.6 is 0 Å². The van der Waals surface area contributed by atoms with Crippen molar-refractivity contribution in [2.75, 3.05) is 0 Å². The number of hydrogen-bond donors (Lipinski definition) is 0. The fourth-order valence-electron chi connectivity index (χ4n) is 0.573. The van der Waals surface area contributed by atoms with Crippen LogP contribution < -0.4 is 0 Å². The number of allylic oxidation sites excluding steroid dienone is 3. The van der Waals surface area contributed by atoms with E-state index in [1.165, 1.54) is 5.57 Å². The van der Waals surface area contributed by atoms with Crippen molar-refractivity contribution in [1.82, 2.24) is 0 Å². The van der Waals surface area contributed by atoms with Crippen LogP contribution in [-0.4, -0.2) is 5.71 Å². The van der Waals surface area contributed by atoms with Gasteiger partial charge in [-0.15, -0.1) is 5.73 Å². The third kappa shape index (κ3) is 1.41. The van der Waals surface area contributed by atoms with Crippen LogP contribution in [0.25, 0.3) is 0 Å². The lowest BCUT2D eigenvalue weighted by Gasteiger charge is -1.92. The van der Waals surface area contributed by atoms with Crippen LogP contribution in [0, 0.1) is 0 Å². The van der Waals surface area contributed by atoms with Gasteiger partial charge in [-0.3, -0.25) is 4.99 Å². The van der Waals surface area contributed by atoms with Crippen LogP contribution in [0.1, 0.15) is 13.8 Å². The molecule has 1 rings (SSSR count). The zero-order chi connectivity index (χ0) is 6.69. The molecule has 0 amide bonds. The van der Waals surface area contributed by atoms with Crippen LogP contribution in [0.4, 0.5) is 0 Å². The van der Waals surface area contributed by atoms with Gasteiger partial charge in [0.2, 0.25) is 0 Å². The molecule has 0 N–H and O–H groups in total. The average Bonchev–Trinajstić information content (AvgIpc) is 1.99. The Morgan fingerprint density at radius 1 is 1.44 bits per heavy atom. The summed E-state index contributed by atoms with van der Waals surface area (Å²) >= 11 is 0. The molecule has 0 fully saturated rings. The van der Waals surface area contributed by atoms with Crippen molar-refractivity contribution in [1.29, 1.82) is 0 Å². The molecular formula is C8H9N. The van der Waals surface area contributed by atoms with Crippen LogP contribution in [-0.2, 0) is 0 Å². The summed E-state index contributed by atoms with van der Waals surface area (Å²) in [4.78, 5) is 4.09. The van der Waals surface area contributed by atoms with Crippen molar-refractivity contribution in [3.05, 3.63) is 29.7 Å². The molecule has 0 atom stereocenters. The molecular weight excluding hydrogens is 110 g/mol. The van der Waals surface area contributed by atoms with E-state index in [1.54, 1.807) is 6.20 Å². The number of hydrogen-bond acceptors (Lipinski definition) is 1. The molecule has 1 aliphatic heterocycles. The lowest BCUT2D eigenvalue weighted by molar-refractivity contribution is 1.48. The third-order valence-electron chi connectivity index (χ3n) is 1.33. The van der Waals surface area contributed by atoms with E-state index in [-0.39, 0.29) is 0 Å². The first kappa shape index (κ1) is 6.06. The standard InChI is InChI=1S/C8H9N/c1-7-5-3-4-6-9-8(7)2/h3,5-6H,1-2H3. The molecule has 0 radical (unpaired) electrons. The van der Waals surface area contributed by atoms with Crippen molar-refractivity contribution >= 4 is 5.71 Å². The average molecular weight is 119 g/mol. The second kappa shape index (κ2) is 2.47. The van der Waals surface area contributed by atoms with Gasteiger partial charge in [0, 0.05) is 5.71 Å². The third-order valence-corrected chi connectivity index (χ3v) is 1.33. The molecule has 1 aliphatic rings. The van der Waals surface area contributed by atoms with Crippen molar-refractivity contribution in [2.45, 2.75) is 13.8 Å². The minimum absolute atomic E-state index is 1.07. The van der Waals surface area contributed by atoms with Crippen LogP contribution in [0.15, 0.2) is 34.6 Å². The topological polar surface area (TPSA) is 12.4 Å². The number of rotatable bonds is 0. The SMILES string of the molecule is CC1=CC=C=CN=C1C. The van der Waals surface area contributed by atoms with Gasteiger partial charge in [0.05, 0.1) is 6.20 Å². The van der Waals surface area contributed by atoms with Gasteiger partial charge >= 0.3 is 0 Å². The summed E-state index contributed by atoms with van der Waals surface area (Å²) < 4.78 is 0. The van der Waals surface area contributed by atoms with Crippen molar-refractivity contribution in [3.63, 3.8) is 0 Å². The summed E-state index contributed by atoms with van der Waals surface area (Å²) in [6, 6.07) is 0. The minimum Gasteiger partial charge on any atom is -0.253 e. The molecule has 0 aromatic heterocycles. The van der Waals surface area contributed by atoms with Gasteiger partial charge < -0.3 is 0 Å². The fourth-order valence-corrected chi connectivity index (χ4v) is 0.573. The Kier molecular flexibility index (Phi) is 1.66. The van der Waals surface area contributed by atoms with E-state index in [2.05, 4.69) is 10.7 Å². The summed E-state index contributed by atoms with van der Waals surface area (Å²) in [6.45, 7) is 4.03. The molecule has 0 unspecified atom stereocenters. The number of aliphatic imine (C=N–C) groups is 1. The second-order valence-electron chi connectivity index (χ2n) is 2.03. The first-order valence-corrected chi connectivity index (χ1v) is 2.93. The summed E-state index contributed by atoms with van der Waals surface area (Å²) in [7, 11) is 0. The Balaban J connectivity index is 3.01. The Bertz CT molecular complexity index is 203. The smallest absolute Gasteiger partial charge is 0.0689 e. The number of nitrogens with zero attached hydrogens (tertiary/aromatic N) is 1. The summed E-state index contributed by atoms with van der Waals surface area (Å²) in [6.07, 6.45) is 5.56. The first-order valence-electron chi connectivity index (χ1n) is 2.93. The highest BCUT2D eigenvalue weighted by Gasteiger charge is 1.91. The predicted molar refractivity (Wildman–Crippen MR) is 39.5 cm³/mol. The largest absolute Gasteiger partial charge is 0.253 e. The maximum atomic E-state index is 4.09.